The summed E-state index contributed by atoms with van der Waals surface area (Å²) >= 11 is 0. The number of nitrogens with zero attached hydrogens (tertiary/aromatic N) is 2. The van der Waals surface area contributed by atoms with Crippen molar-refractivity contribution in [2.45, 2.75) is 31.8 Å². The Hall–Kier alpha value is -1.14. The van der Waals surface area contributed by atoms with Gasteiger partial charge in [-0.15, -0.1) is 12.4 Å². The topological polar surface area (TPSA) is 94.0 Å². The molecule has 1 aromatic heterocycles. The summed E-state index contributed by atoms with van der Waals surface area (Å²) in [5, 5.41) is 6.47. The summed E-state index contributed by atoms with van der Waals surface area (Å²) < 4.78 is 5.00. The van der Waals surface area contributed by atoms with Crippen molar-refractivity contribution in [1.82, 2.24) is 15.5 Å². The Bertz CT molecular complexity index is 352. The molecule has 15 heavy (non-hydrogen) atoms. The van der Waals surface area contributed by atoms with Crippen molar-refractivity contribution < 1.29 is 9.32 Å². The first-order valence-electron chi connectivity index (χ1n) is 4.55. The van der Waals surface area contributed by atoms with Gasteiger partial charge in [-0.05, 0) is 13.3 Å². The van der Waals surface area contributed by atoms with Crippen molar-refractivity contribution in [2.24, 2.45) is 5.73 Å². The van der Waals surface area contributed by atoms with E-state index in [9.17, 15) is 4.79 Å². The van der Waals surface area contributed by atoms with Crippen molar-refractivity contribution in [1.29, 1.82) is 0 Å². The molecule has 1 aliphatic heterocycles. The van der Waals surface area contributed by atoms with E-state index >= 15 is 0 Å². The van der Waals surface area contributed by atoms with Gasteiger partial charge >= 0.3 is 0 Å². The van der Waals surface area contributed by atoms with E-state index in [2.05, 4.69) is 15.5 Å². The maximum absolute atomic E-state index is 10.9. The second-order valence-electron chi connectivity index (χ2n) is 3.44. The van der Waals surface area contributed by atoms with Crippen LogP contribution in [0.1, 0.15) is 43.6 Å². The molecule has 0 radical (unpaired) electrons. The van der Waals surface area contributed by atoms with Gasteiger partial charge in [0, 0.05) is 6.42 Å². The molecule has 2 rings (SSSR count). The van der Waals surface area contributed by atoms with Gasteiger partial charge in [-0.25, -0.2) is 0 Å². The van der Waals surface area contributed by atoms with Crippen LogP contribution in [0.5, 0.6) is 0 Å². The van der Waals surface area contributed by atoms with Crippen LogP contribution in [0.3, 0.4) is 0 Å². The number of amides is 1. The van der Waals surface area contributed by atoms with E-state index < -0.39 is 0 Å². The average Bonchev–Trinajstić information content (AvgIpc) is 2.70. The second-order valence-corrected chi connectivity index (χ2v) is 3.44. The van der Waals surface area contributed by atoms with Crippen LogP contribution in [0, 0.1) is 0 Å². The highest BCUT2D eigenvalue weighted by Gasteiger charge is 2.27. The van der Waals surface area contributed by atoms with Gasteiger partial charge in [0.25, 0.3) is 0 Å². The highest BCUT2D eigenvalue weighted by molar-refractivity contribution is 5.85. The number of rotatable bonds is 2. The molecule has 0 bridgehead atoms. The molecule has 0 aromatic carbocycles. The number of nitrogens with one attached hydrogen (secondary N) is 1. The predicted octanol–water partition coefficient (Wildman–Crippen LogP) is 0.462. The van der Waals surface area contributed by atoms with E-state index in [1.165, 1.54) is 0 Å². The van der Waals surface area contributed by atoms with Crippen molar-refractivity contribution >= 4 is 18.3 Å². The summed E-state index contributed by atoms with van der Waals surface area (Å²) in [6.07, 6.45) is 1.22. The van der Waals surface area contributed by atoms with Gasteiger partial charge in [0.1, 0.15) is 6.04 Å². The number of aromatic nitrogens is 2. The molecule has 1 amide bonds. The monoisotopic (exact) mass is 232 g/mol. The summed E-state index contributed by atoms with van der Waals surface area (Å²) in [6, 6.07) is -0.382. The predicted molar refractivity (Wildman–Crippen MR) is 54.3 cm³/mol. The first kappa shape index (κ1) is 11.9. The molecule has 1 aromatic rings. The van der Waals surface area contributed by atoms with Gasteiger partial charge in [-0.1, -0.05) is 5.16 Å². The van der Waals surface area contributed by atoms with Crippen molar-refractivity contribution in [3.8, 4) is 0 Å². The molecule has 0 saturated carbocycles. The van der Waals surface area contributed by atoms with Crippen LogP contribution in [0.15, 0.2) is 4.52 Å². The standard InChI is InChI=1S/C8H12N4O2.ClH/c1-4(9)7-11-8(14-12-7)5-2-3-6(13)10-5;/h4-5H,2-3,9H2,1H3,(H,10,13);1H/t4?,5-;/m1./s1. The molecule has 2 atom stereocenters. The van der Waals surface area contributed by atoms with E-state index in [1.807, 2.05) is 0 Å². The van der Waals surface area contributed by atoms with E-state index in [1.54, 1.807) is 6.92 Å². The molecule has 0 spiro atoms. The summed E-state index contributed by atoms with van der Waals surface area (Å²) in [4.78, 5) is 15.1. The summed E-state index contributed by atoms with van der Waals surface area (Å²) in [5.74, 6) is 0.944. The van der Waals surface area contributed by atoms with Crippen LogP contribution in [0.25, 0.3) is 0 Å². The van der Waals surface area contributed by atoms with Crippen molar-refractivity contribution in [3.05, 3.63) is 11.7 Å². The fourth-order valence-corrected chi connectivity index (χ4v) is 1.37. The lowest BCUT2D eigenvalue weighted by Gasteiger charge is -2.01. The number of hydrogen-bond donors (Lipinski definition) is 2. The summed E-state index contributed by atoms with van der Waals surface area (Å²) in [7, 11) is 0. The Morgan fingerprint density at radius 3 is 2.87 bits per heavy atom. The van der Waals surface area contributed by atoms with Crippen LogP contribution < -0.4 is 11.1 Å². The molecule has 6 nitrogen and oxygen atoms in total. The number of hydrogen-bond acceptors (Lipinski definition) is 5. The van der Waals surface area contributed by atoms with Crippen LogP contribution in [-0.2, 0) is 4.79 Å². The number of carbonyl (C=O) groups is 1. The molecule has 1 saturated heterocycles. The Labute approximate surface area is 93.0 Å². The minimum absolute atomic E-state index is 0. The number of halogens is 1. The lowest BCUT2D eigenvalue weighted by molar-refractivity contribution is -0.119. The van der Waals surface area contributed by atoms with Gasteiger partial charge in [-0.3, -0.25) is 4.79 Å². The maximum Gasteiger partial charge on any atom is 0.249 e. The van der Waals surface area contributed by atoms with Gasteiger partial charge in [0.05, 0.1) is 6.04 Å². The first-order chi connectivity index (χ1) is 6.66. The highest BCUT2D eigenvalue weighted by Crippen LogP contribution is 2.22. The van der Waals surface area contributed by atoms with E-state index in [-0.39, 0.29) is 30.4 Å². The van der Waals surface area contributed by atoms with Crippen LogP contribution in [-0.4, -0.2) is 16.0 Å². The minimum Gasteiger partial charge on any atom is -0.344 e. The Morgan fingerprint density at radius 1 is 1.67 bits per heavy atom. The largest absolute Gasteiger partial charge is 0.344 e. The molecule has 0 aliphatic carbocycles. The third-order valence-corrected chi connectivity index (χ3v) is 2.16. The highest BCUT2D eigenvalue weighted by atomic mass is 35.5. The SMILES string of the molecule is CC(N)c1noc([C@H]2CCC(=O)N2)n1.Cl. The Morgan fingerprint density at radius 2 is 2.40 bits per heavy atom. The van der Waals surface area contributed by atoms with Crippen molar-refractivity contribution in [3.63, 3.8) is 0 Å². The molecule has 1 unspecified atom stereocenters. The smallest absolute Gasteiger partial charge is 0.249 e. The molecule has 7 heteroatoms. The van der Waals surface area contributed by atoms with Gasteiger partial charge in [0.15, 0.2) is 5.82 Å². The molecule has 3 N–H and O–H groups in total. The van der Waals surface area contributed by atoms with Crippen LogP contribution >= 0.6 is 12.4 Å². The van der Waals surface area contributed by atoms with E-state index in [4.69, 9.17) is 10.3 Å². The third kappa shape index (κ3) is 2.45. The number of nitrogens with two attached hydrogens (primary N) is 1. The molecule has 1 aliphatic rings. The maximum atomic E-state index is 10.9. The number of carbonyl (C=O) groups excluding carboxylic acids is 1. The Kier molecular flexibility index (Phi) is 3.65. The average molecular weight is 233 g/mol. The lowest BCUT2D eigenvalue weighted by Crippen LogP contribution is -2.18. The molecule has 84 valence electrons. The zero-order valence-electron chi connectivity index (χ0n) is 8.27. The van der Waals surface area contributed by atoms with Gasteiger partial charge in [-0.2, -0.15) is 4.98 Å². The zero-order chi connectivity index (χ0) is 10.1. The van der Waals surface area contributed by atoms with Gasteiger partial charge < -0.3 is 15.6 Å². The molecular weight excluding hydrogens is 220 g/mol. The van der Waals surface area contributed by atoms with Crippen LogP contribution in [0.4, 0.5) is 0 Å². The summed E-state index contributed by atoms with van der Waals surface area (Å²) in [5.41, 5.74) is 5.58. The van der Waals surface area contributed by atoms with Crippen molar-refractivity contribution in [2.75, 3.05) is 0 Å². The molecular formula is C8H13ClN4O2. The summed E-state index contributed by atoms with van der Waals surface area (Å²) in [6.45, 7) is 1.78. The first-order valence-corrected chi connectivity index (χ1v) is 4.55. The van der Waals surface area contributed by atoms with E-state index in [0.29, 0.717) is 24.6 Å². The fraction of sp³-hybridized carbons (Fsp3) is 0.625. The minimum atomic E-state index is -0.246. The quantitative estimate of drug-likeness (QED) is 0.773. The van der Waals surface area contributed by atoms with Crippen LogP contribution in [0.2, 0.25) is 0 Å². The van der Waals surface area contributed by atoms with Gasteiger partial charge in [0.2, 0.25) is 11.8 Å². The fourth-order valence-electron chi connectivity index (χ4n) is 1.37. The third-order valence-electron chi connectivity index (χ3n) is 2.16. The zero-order valence-corrected chi connectivity index (χ0v) is 9.08. The second kappa shape index (κ2) is 4.59. The molecule has 1 fully saturated rings. The Balaban J connectivity index is 0.00000112. The molecule has 2 heterocycles. The normalized spacial score (nSPS) is 22.0. The van der Waals surface area contributed by atoms with E-state index in [0.717, 1.165) is 0 Å². The lowest BCUT2D eigenvalue weighted by atomic mass is 10.2.